The van der Waals surface area contributed by atoms with Crippen molar-refractivity contribution in [2.24, 2.45) is 0 Å². The molecule has 2 aromatic rings. The summed E-state index contributed by atoms with van der Waals surface area (Å²) < 4.78 is 5.32. The molecule has 1 aliphatic heterocycles. The Bertz CT molecular complexity index is 843. The minimum Gasteiger partial charge on any atom is -0.497 e. The number of carbonyl (C=O) groups excluding carboxylic acids is 1. The molecule has 7 nitrogen and oxygen atoms in total. The van der Waals surface area contributed by atoms with E-state index in [-0.39, 0.29) is 17.6 Å². The summed E-state index contributed by atoms with van der Waals surface area (Å²) in [5.74, 6) is 1.21. The number of fused-ring (bicyclic) bond motifs is 1. The SMILES string of the molecule is COc1ccc2c(c1)C(C)=CC(C)(C)N2C(=O)CSc1n[nH]c(N)n1. The van der Waals surface area contributed by atoms with Gasteiger partial charge in [0, 0.05) is 5.56 Å². The summed E-state index contributed by atoms with van der Waals surface area (Å²) in [6.07, 6.45) is 2.10. The lowest BCUT2D eigenvalue weighted by molar-refractivity contribution is -0.116. The number of H-pyrrole nitrogens is 1. The van der Waals surface area contributed by atoms with Crippen molar-refractivity contribution in [3.8, 4) is 5.75 Å². The highest BCUT2D eigenvalue weighted by Gasteiger charge is 2.35. The molecule has 0 bridgehead atoms. The maximum Gasteiger partial charge on any atom is 0.238 e. The van der Waals surface area contributed by atoms with E-state index in [9.17, 15) is 4.79 Å². The van der Waals surface area contributed by atoms with Crippen LogP contribution in [-0.2, 0) is 4.79 Å². The molecular formula is C17H21N5O2S. The van der Waals surface area contributed by atoms with E-state index in [1.54, 1.807) is 7.11 Å². The number of nitrogens with one attached hydrogen (secondary N) is 1. The second-order valence-corrected chi connectivity index (χ2v) is 7.33. The van der Waals surface area contributed by atoms with Crippen molar-refractivity contribution in [2.45, 2.75) is 31.5 Å². The first-order chi connectivity index (χ1) is 11.8. The van der Waals surface area contributed by atoms with Gasteiger partial charge in [-0.1, -0.05) is 17.8 Å². The molecule has 0 aliphatic carbocycles. The maximum absolute atomic E-state index is 13.0. The number of carbonyl (C=O) groups is 1. The monoisotopic (exact) mass is 359 g/mol. The van der Waals surface area contributed by atoms with E-state index in [4.69, 9.17) is 10.5 Å². The van der Waals surface area contributed by atoms with Crippen molar-refractivity contribution < 1.29 is 9.53 Å². The fraction of sp³-hybridized carbons (Fsp3) is 0.353. The highest BCUT2D eigenvalue weighted by Crippen LogP contribution is 2.40. The van der Waals surface area contributed by atoms with E-state index in [0.29, 0.717) is 5.16 Å². The Morgan fingerprint density at radius 1 is 1.44 bits per heavy atom. The zero-order chi connectivity index (χ0) is 18.2. The third kappa shape index (κ3) is 3.34. The molecule has 0 fully saturated rings. The molecule has 25 heavy (non-hydrogen) atoms. The molecule has 3 rings (SSSR count). The quantitative estimate of drug-likeness (QED) is 0.815. The van der Waals surface area contributed by atoms with Gasteiger partial charge in [0.2, 0.25) is 17.0 Å². The highest BCUT2D eigenvalue weighted by atomic mass is 32.2. The molecule has 0 saturated heterocycles. The topological polar surface area (TPSA) is 97.1 Å². The van der Waals surface area contributed by atoms with Crippen LogP contribution in [0, 0.1) is 0 Å². The predicted octanol–water partition coefficient (Wildman–Crippen LogP) is 2.72. The van der Waals surface area contributed by atoms with E-state index in [2.05, 4.69) is 21.3 Å². The molecular weight excluding hydrogens is 338 g/mol. The van der Waals surface area contributed by atoms with Crippen LogP contribution in [0.5, 0.6) is 5.75 Å². The van der Waals surface area contributed by atoms with Gasteiger partial charge >= 0.3 is 0 Å². The number of aromatic nitrogens is 3. The van der Waals surface area contributed by atoms with Gasteiger partial charge in [-0.05, 0) is 44.5 Å². The van der Waals surface area contributed by atoms with Crippen molar-refractivity contribution in [1.82, 2.24) is 15.2 Å². The fourth-order valence-electron chi connectivity index (χ4n) is 3.10. The van der Waals surface area contributed by atoms with Crippen LogP contribution < -0.4 is 15.4 Å². The lowest BCUT2D eigenvalue weighted by Gasteiger charge is -2.41. The Balaban J connectivity index is 1.90. The van der Waals surface area contributed by atoms with Gasteiger partial charge in [-0.3, -0.25) is 4.79 Å². The number of hydrogen-bond donors (Lipinski definition) is 2. The molecule has 1 aromatic carbocycles. The number of ether oxygens (including phenoxy) is 1. The average molecular weight is 359 g/mol. The number of rotatable bonds is 4. The normalized spacial score (nSPS) is 15.5. The van der Waals surface area contributed by atoms with Gasteiger partial charge in [0.1, 0.15) is 5.75 Å². The molecule has 132 valence electrons. The summed E-state index contributed by atoms with van der Waals surface area (Å²) in [6, 6.07) is 5.76. The molecule has 8 heteroatoms. The molecule has 0 saturated carbocycles. The molecule has 0 spiro atoms. The maximum atomic E-state index is 13.0. The zero-order valence-corrected chi connectivity index (χ0v) is 15.5. The summed E-state index contributed by atoms with van der Waals surface area (Å²) in [4.78, 5) is 18.8. The third-order valence-electron chi connectivity index (χ3n) is 4.07. The number of nitrogens with zero attached hydrogens (tertiary/aromatic N) is 3. The number of nitrogen functional groups attached to an aromatic ring is 1. The standard InChI is InChI=1S/C17H21N5O2S/c1-10-8-17(2,3)22(13-6-5-11(24-4)7-12(10)13)14(23)9-25-16-19-15(18)20-21-16/h5-8H,9H2,1-4H3,(H3,18,19,20,21). The summed E-state index contributed by atoms with van der Waals surface area (Å²) >= 11 is 1.26. The van der Waals surface area contributed by atoms with Crippen LogP contribution in [0.1, 0.15) is 26.3 Å². The van der Waals surface area contributed by atoms with Gasteiger partial charge in [-0.25, -0.2) is 5.10 Å². The number of methoxy groups -OCH3 is 1. The Hall–Kier alpha value is -2.48. The fourth-order valence-corrected chi connectivity index (χ4v) is 3.76. The van der Waals surface area contributed by atoms with Crippen LogP contribution in [0.25, 0.3) is 5.57 Å². The average Bonchev–Trinajstić information content (AvgIpc) is 2.97. The molecule has 2 heterocycles. The van der Waals surface area contributed by atoms with Crippen LogP contribution in [0.4, 0.5) is 11.6 Å². The van der Waals surface area contributed by atoms with Crippen LogP contribution in [0.2, 0.25) is 0 Å². The van der Waals surface area contributed by atoms with Crippen LogP contribution in [-0.4, -0.2) is 39.5 Å². The highest BCUT2D eigenvalue weighted by molar-refractivity contribution is 7.99. The Morgan fingerprint density at radius 3 is 2.84 bits per heavy atom. The molecule has 0 atom stereocenters. The van der Waals surface area contributed by atoms with Crippen molar-refractivity contribution in [2.75, 3.05) is 23.5 Å². The Labute approximate surface area is 150 Å². The lowest BCUT2D eigenvalue weighted by Crippen LogP contribution is -2.49. The van der Waals surface area contributed by atoms with Crippen LogP contribution in [0.15, 0.2) is 29.4 Å². The van der Waals surface area contributed by atoms with Gasteiger partial charge in [0.15, 0.2) is 0 Å². The molecule has 3 N–H and O–H groups in total. The van der Waals surface area contributed by atoms with Crippen molar-refractivity contribution in [3.63, 3.8) is 0 Å². The molecule has 1 aromatic heterocycles. The summed E-state index contributed by atoms with van der Waals surface area (Å²) in [5.41, 5.74) is 8.09. The predicted molar refractivity (Wildman–Crippen MR) is 99.7 cm³/mol. The number of allylic oxidation sites excluding steroid dienone is 1. The van der Waals surface area contributed by atoms with Gasteiger partial charge < -0.3 is 15.4 Å². The Kier molecular flexibility index (Phi) is 4.47. The minimum absolute atomic E-state index is 0.0199. The molecule has 1 aliphatic rings. The van der Waals surface area contributed by atoms with E-state index >= 15 is 0 Å². The largest absolute Gasteiger partial charge is 0.497 e. The van der Waals surface area contributed by atoms with E-state index in [1.807, 2.05) is 43.9 Å². The van der Waals surface area contributed by atoms with Gasteiger partial charge in [0.25, 0.3) is 0 Å². The number of amides is 1. The smallest absolute Gasteiger partial charge is 0.238 e. The van der Waals surface area contributed by atoms with E-state index in [0.717, 1.165) is 22.6 Å². The molecule has 0 unspecified atom stereocenters. The van der Waals surface area contributed by atoms with Crippen LogP contribution >= 0.6 is 11.8 Å². The number of anilines is 2. The number of aromatic amines is 1. The summed E-state index contributed by atoms with van der Waals surface area (Å²) in [6.45, 7) is 6.10. The Morgan fingerprint density at radius 2 is 2.20 bits per heavy atom. The van der Waals surface area contributed by atoms with Crippen molar-refractivity contribution >= 4 is 34.9 Å². The number of benzene rings is 1. The minimum atomic E-state index is -0.429. The number of hydrogen-bond acceptors (Lipinski definition) is 6. The lowest BCUT2D eigenvalue weighted by atomic mass is 9.88. The van der Waals surface area contributed by atoms with Gasteiger partial charge in [-0.15, -0.1) is 5.10 Å². The van der Waals surface area contributed by atoms with Crippen molar-refractivity contribution in [3.05, 3.63) is 29.8 Å². The number of nitrogens with two attached hydrogens (primary N) is 1. The second kappa shape index (κ2) is 6.44. The van der Waals surface area contributed by atoms with Crippen molar-refractivity contribution in [1.29, 1.82) is 0 Å². The van der Waals surface area contributed by atoms with Gasteiger partial charge in [0.05, 0.1) is 24.1 Å². The first kappa shape index (κ1) is 17.3. The first-order valence-electron chi connectivity index (χ1n) is 7.83. The number of thioether (sulfide) groups is 1. The van der Waals surface area contributed by atoms with Gasteiger partial charge in [-0.2, -0.15) is 4.98 Å². The summed E-state index contributed by atoms with van der Waals surface area (Å²) in [7, 11) is 1.63. The molecule has 0 radical (unpaired) electrons. The van der Waals surface area contributed by atoms with Crippen LogP contribution in [0.3, 0.4) is 0 Å². The first-order valence-corrected chi connectivity index (χ1v) is 8.82. The van der Waals surface area contributed by atoms with E-state index in [1.165, 1.54) is 11.8 Å². The third-order valence-corrected chi connectivity index (χ3v) is 4.90. The zero-order valence-electron chi connectivity index (χ0n) is 14.7. The van der Waals surface area contributed by atoms with E-state index < -0.39 is 5.54 Å². The second-order valence-electron chi connectivity index (χ2n) is 6.39. The summed E-state index contributed by atoms with van der Waals surface area (Å²) in [5, 5.41) is 6.98. The molecule has 1 amide bonds.